The quantitative estimate of drug-likeness (QED) is 0.605. The van der Waals surface area contributed by atoms with E-state index in [1.807, 2.05) is 47.8 Å². The number of carbonyl (C=O) groups is 1. The molecule has 0 saturated carbocycles. The summed E-state index contributed by atoms with van der Waals surface area (Å²) < 4.78 is 6.06. The largest absolute Gasteiger partial charge is 0.497 e. The van der Waals surface area contributed by atoms with Gasteiger partial charge in [-0.1, -0.05) is 12.1 Å². The molecule has 0 bridgehead atoms. The van der Waals surface area contributed by atoms with Crippen molar-refractivity contribution in [3.05, 3.63) is 63.0 Å². The average Bonchev–Trinajstić information content (AvgIpc) is 3.03. The molecular weight excluding hydrogens is 423 g/mol. The van der Waals surface area contributed by atoms with Crippen LogP contribution in [-0.2, 0) is 0 Å². The Morgan fingerprint density at radius 3 is 2.61 bits per heavy atom. The van der Waals surface area contributed by atoms with Gasteiger partial charge in [0.05, 0.1) is 18.4 Å². The van der Waals surface area contributed by atoms with Gasteiger partial charge >= 0.3 is 0 Å². The van der Waals surface area contributed by atoms with Crippen LogP contribution in [0.2, 0.25) is 0 Å². The zero-order valence-corrected chi connectivity index (χ0v) is 15.2. The number of nitrogens with one attached hydrogen (secondary N) is 1. The van der Waals surface area contributed by atoms with Crippen LogP contribution in [0.5, 0.6) is 5.75 Å². The minimum atomic E-state index is -0.148. The minimum absolute atomic E-state index is 0.148. The van der Waals surface area contributed by atoms with Crippen molar-refractivity contribution >= 4 is 45.0 Å². The Morgan fingerprint density at radius 1 is 1.17 bits per heavy atom. The van der Waals surface area contributed by atoms with Gasteiger partial charge in [-0.25, -0.2) is 4.98 Å². The van der Waals surface area contributed by atoms with Gasteiger partial charge in [0.25, 0.3) is 5.91 Å². The predicted octanol–water partition coefficient (Wildman–Crippen LogP) is 4.68. The van der Waals surface area contributed by atoms with Gasteiger partial charge in [0.2, 0.25) is 0 Å². The Morgan fingerprint density at radius 2 is 1.91 bits per heavy atom. The molecule has 0 saturated heterocycles. The Labute approximate surface area is 151 Å². The highest BCUT2D eigenvalue weighted by molar-refractivity contribution is 14.1. The number of hydrogen-bond acceptors (Lipinski definition) is 4. The van der Waals surface area contributed by atoms with E-state index in [4.69, 9.17) is 4.74 Å². The van der Waals surface area contributed by atoms with Gasteiger partial charge in [0.15, 0.2) is 5.13 Å². The number of halogens is 1. The van der Waals surface area contributed by atoms with Crippen LogP contribution in [0.3, 0.4) is 0 Å². The van der Waals surface area contributed by atoms with E-state index in [-0.39, 0.29) is 5.91 Å². The minimum Gasteiger partial charge on any atom is -0.497 e. The first-order valence-electron chi connectivity index (χ1n) is 6.83. The second-order valence-corrected chi connectivity index (χ2v) is 6.72. The lowest BCUT2D eigenvalue weighted by atomic mass is 10.2. The van der Waals surface area contributed by atoms with Gasteiger partial charge in [0.1, 0.15) is 5.75 Å². The molecule has 3 rings (SSSR count). The van der Waals surface area contributed by atoms with Crippen molar-refractivity contribution in [3.63, 3.8) is 0 Å². The molecule has 3 aromatic rings. The Bertz CT molecular complexity index is 831. The molecule has 6 heteroatoms. The lowest BCUT2D eigenvalue weighted by Crippen LogP contribution is -2.13. The zero-order valence-electron chi connectivity index (χ0n) is 12.2. The third-order valence-electron chi connectivity index (χ3n) is 3.23. The zero-order chi connectivity index (χ0) is 16.2. The standard InChI is InChI=1S/C17H13IN2O2S/c1-22-12-8-6-11(7-9-12)15-10-23-17(19-15)20-16(21)13-4-2-3-5-14(13)18/h2-10H,1H3,(H,19,20,21). The fourth-order valence-electron chi connectivity index (χ4n) is 2.04. The third-order valence-corrected chi connectivity index (χ3v) is 4.93. The van der Waals surface area contributed by atoms with E-state index in [1.54, 1.807) is 13.2 Å². The molecule has 0 atom stereocenters. The number of hydrogen-bond donors (Lipinski definition) is 1. The van der Waals surface area contributed by atoms with Crippen LogP contribution in [0.15, 0.2) is 53.9 Å². The normalized spacial score (nSPS) is 10.3. The van der Waals surface area contributed by atoms with E-state index in [9.17, 15) is 4.79 Å². The van der Waals surface area contributed by atoms with E-state index in [1.165, 1.54) is 11.3 Å². The molecule has 0 fully saturated rings. The highest BCUT2D eigenvalue weighted by Gasteiger charge is 2.12. The molecule has 1 amide bonds. The number of benzene rings is 2. The maximum absolute atomic E-state index is 12.3. The summed E-state index contributed by atoms with van der Waals surface area (Å²) in [6, 6.07) is 15.1. The molecule has 0 aliphatic heterocycles. The molecule has 0 unspecified atom stereocenters. The first kappa shape index (κ1) is 15.9. The van der Waals surface area contributed by atoms with Gasteiger partial charge in [-0.15, -0.1) is 11.3 Å². The number of nitrogens with zero attached hydrogens (tertiary/aromatic N) is 1. The van der Waals surface area contributed by atoms with Crippen molar-refractivity contribution in [2.75, 3.05) is 12.4 Å². The number of amides is 1. The molecule has 4 nitrogen and oxygen atoms in total. The molecule has 1 N–H and O–H groups in total. The number of aromatic nitrogens is 1. The summed E-state index contributed by atoms with van der Waals surface area (Å²) in [5.74, 6) is 0.654. The SMILES string of the molecule is COc1ccc(-c2csc(NC(=O)c3ccccc3I)n2)cc1. The van der Waals surface area contributed by atoms with E-state index in [0.29, 0.717) is 10.7 Å². The molecule has 1 aromatic heterocycles. The van der Waals surface area contributed by atoms with Crippen LogP contribution >= 0.6 is 33.9 Å². The first-order chi connectivity index (χ1) is 11.2. The summed E-state index contributed by atoms with van der Waals surface area (Å²) >= 11 is 3.56. The Balaban J connectivity index is 1.76. The molecule has 116 valence electrons. The summed E-state index contributed by atoms with van der Waals surface area (Å²) in [6.07, 6.45) is 0. The maximum atomic E-state index is 12.3. The van der Waals surface area contributed by atoms with Crippen molar-refractivity contribution < 1.29 is 9.53 Å². The molecule has 23 heavy (non-hydrogen) atoms. The van der Waals surface area contributed by atoms with Crippen molar-refractivity contribution in [2.24, 2.45) is 0 Å². The fraction of sp³-hybridized carbons (Fsp3) is 0.0588. The molecule has 1 heterocycles. The van der Waals surface area contributed by atoms with E-state index in [0.717, 1.165) is 20.6 Å². The number of carbonyl (C=O) groups excluding carboxylic acids is 1. The second-order valence-electron chi connectivity index (χ2n) is 4.70. The van der Waals surface area contributed by atoms with Crippen molar-refractivity contribution in [2.45, 2.75) is 0 Å². The van der Waals surface area contributed by atoms with Crippen molar-refractivity contribution in [1.29, 1.82) is 0 Å². The molecule has 0 spiro atoms. The molecule has 0 aliphatic carbocycles. The number of rotatable bonds is 4. The summed E-state index contributed by atoms with van der Waals surface area (Å²) in [5, 5.41) is 5.36. The Kier molecular flexibility index (Phi) is 4.92. The van der Waals surface area contributed by atoms with Crippen LogP contribution in [0.4, 0.5) is 5.13 Å². The van der Waals surface area contributed by atoms with Gasteiger partial charge in [-0.2, -0.15) is 0 Å². The van der Waals surface area contributed by atoms with E-state index >= 15 is 0 Å². The van der Waals surface area contributed by atoms with Gasteiger partial charge in [-0.3, -0.25) is 10.1 Å². The van der Waals surface area contributed by atoms with Crippen LogP contribution in [0, 0.1) is 3.57 Å². The van der Waals surface area contributed by atoms with E-state index < -0.39 is 0 Å². The van der Waals surface area contributed by atoms with Crippen molar-refractivity contribution in [3.8, 4) is 17.0 Å². The Hall–Kier alpha value is -1.93. The van der Waals surface area contributed by atoms with Crippen LogP contribution < -0.4 is 10.1 Å². The molecule has 0 radical (unpaired) electrons. The van der Waals surface area contributed by atoms with Crippen molar-refractivity contribution in [1.82, 2.24) is 4.98 Å². The highest BCUT2D eigenvalue weighted by Crippen LogP contribution is 2.27. The van der Waals surface area contributed by atoms with Gasteiger partial charge in [0, 0.05) is 14.5 Å². The first-order valence-corrected chi connectivity index (χ1v) is 8.79. The lowest BCUT2D eigenvalue weighted by molar-refractivity contribution is 0.102. The predicted molar refractivity (Wildman–Crippen MR) is 101 cm³/mol. The molecular formula is C17H13IN2O2S. The van der Waals surface area contributed by atoms with E-state index in [2.05, 4.69) is 32.9 Å². The number of anilines is 1. The number of ether oxygens (including phenoxy) is 1. The highest BCUT2D eigenvalue weighted by atomic mass is 127. The topological polar surface area (TPSA) is 51.2 Å². The molecule has 0 aliphatic rings. The molecule has 2 aromatic carbocycles. The third kappa shape index (κ3) is 3.70. The van der Waals surface area contributed by atoms with Gasteiger partial charge < -0.3 is 4.74 Å². The van der Waals surface area contributed by atoms with Crippen LogP contribution in [-0.4, -0.2) is 18.0 Å². The monoisotopic (exact) mass is 436 g/mol. The summed E-state index contributed by atoms with van der Waals surface area (Å²) in [6.45, 7) is 0. The fourth-order valence-corrected chi connectivity index (χ4v) is 3.38. The smallest absolute Gasteiger partial charge is 0.258 e. The maximum Gasteiger partial charge on any atom is 0.258 e. The van der Waals surface area contributed by atoms with Gasteiger partial charge in [-0.05, 0) is 59.0 Å². The second kappa shape index (κ2) is 7.10. The average molecular weight is 436 g/mol. The number of methoxy groups -OCH3 is 1. The number of thiazole rings is 1. The summed E-state index contributed by atoms with van der Waals surface area (Å²) in [7, 11) is 1.64. The van der Waals surface area contributed by atoms with Crippen LogP contribution in [0.1, 0.15) is 10.4 Å². The van der Waals surface area contributed by atoms with Crippen LogP contribution in [0.25, 0.3) is 11.3 Å². The lowest BCUT2D eigenvalue weighted by Gasteiger charge is -2.03. The summed E-state index contributed by atoms with van der Waals surface area (Å²) in [4.78, 5) is 16.8. The summed E-state index contributed by atoms with van der Waals surface area (Å²) in [5.41, 5.74) is 2.46.